The highest BCUT2D eigenvalue weighted by Gasteiger charge is 2.30. The van der Waals surface area contributed by atoms with E-state index >= 15 is 0 Å². The Morgan fingerprint density at radius 2 is 1.88 bits per heavy atom. The van der Waals surface area contributed by atoms with E-state index in [2.05, 4.69) is 5.32 Å². The summed E-state index contributed by atoms with van der Waals surface area (Å²) in [7, 11) is 0. The summed E-state index contributed by atoms with van der Waals surface area (Å²) in [5.74, 6) is 0.508. The van der Waals surface area contributed by atoms with Gasteiger partial charge in [-0.05, 0) is 36.8 Å². The van der Waals surface area contributed by atoms with Crippen LogP contribution in [0.1, 0.15) is 18.9 Å². The second-order valence-electron chi connectivity index (χ2n) is 6.15. The van der Waals surface area contributed by atoms with E-state index in [1.165, 1.54) is 0 Å². The Morgan fingerprint density at radius 1 is 1.20 bits per heavy atom. The molecule has 134 valence electrons. The van der Waals surface area contributed by atoms with Gasteiger partial charge in [0.05, 0.1) is 13.2 Å². The van der Waals surface area contributed by atoms with Gasteiger partial charge in [-0.2, -0.15) is 0 Å². The standard InChI is InChI=1S/C19H22N2O3.ClH/c1-19(20,14-5-3-2-4-6-14)18(22)21-15-7-9-16(10-8-15)24-17-11-12-23-13-17;/h2-10,17H,11-13,20H2,1H3,(H,21,22);1H. The van der Waals surface area contributed by atoms with Gasteiger partial charge in [0.15, 0.2) is 0 Å². The molecule has 0 aliphatic carbocycles. The fraction of sp³-hybridized carbons (Fsp3) is 0.316. The van der Waals surface area contributed by atoms with Gasteiger partial charge in [-0.3, -0.25) is 4.79 Å². The van der Waals surface area contributed by atoms with Crippen molar-refractivity contribution in [2.24, 2.45) is 5.73 Å². The van der Waals surface area contributed by atoms with Crippen LogP contribution < -0.4 is 15.8 Å². The summed E-state index contributed by atoms with van der Waals surface area (Å²) in [4.78, 5) is 12.5. The van der Waals surface area contributed by atoms with Crippen molar-refractivity contribution in [2.45, 2.75) is 25.0 Å². The number of ether oxygens (including phenoxy) is 2. The first kappa shape index (κ1) is 19.2. The minimum absolute atomic E-state index is 0. The lowest BCUT2D eigenvalue weighted by atomic mass is 9.92. The molecule has 0 spiro atoms. The predicted molar refractivity (Wildman–Crippen MR) is 100 cm³/mol. The van der Waals surface area contributed by atoms with Crippen LogP contribution in [0.15, 0.2) is 54.6 Å². The number of rotatable bonds is 5. The Kier molecular flexibility index (Phi) is 6.42. The SMILES string of the molecule is CC(N)(C(=O)Nc1ccc(OC2CCOC2)cc1)c1ccccc1.Cl. The number of benzene rings is 2. The summed E-state index contributed by atoms with van der Waals surface area (Å²) >= 11 is 0. The van der Waals surface area contributed by atoms with E-state index in [4.69, 9.17) is 15.2 Å². The summed E-state index contributed by atoms with van der Waals surface area (Å²) in [5, 5.41) is 2.86. The Balaban J connectivity index is 0.00000225. The molecule has 25 heavy (non-hydrogen) atoms. The van der Waals surface area contributed by atoms with Crippen LogP contribution in [-0.4, -0.2) is 25.2 Å². The zero-order chi connectivity index (χ0) is 17.0. The third-order valence-corrected chi connectivity index (χ3v) is 4.15. The van der Waals surface area contributed by atoms with Gasteiger partial charge in [0.1, 0.15) is 17.4 Å². The average molecular weight is 363 g/mol. The maximum Gasteiger partial charge on any atom is 0.248 e. The van der Waals surface area contributed by atoms with Gasteiger partial charge in [0.25, 0.3) is 0 Å². The summed E-state index contributed by atoms with van der Waals surface area (Å²) < 4.78 is 11.1. The maximum atomic E-state index is 12.5. The molecule has 0 bridgehead atoms. The average Bonchev–Trinajstić information content (AvgIpc) is 3.10. The van der Waals surface area contributed by atoms with Crippen LogP contribution in [0.4, 0.5) is 5.69 Å². The van der Waals surface area contributed by atoms with Crippen molar-refractivity contribution in [3.05, 3.63) is 60.2 Å². The van der Waals surface area contributed by atoms with E-state index < -0.39 is 5.54 Å². The van der Waals surface area contributed by atoms with Gasteiger partial charge in [0.2, 0.25) is 5.91 Å². The van der Waals surface area contributed by atoms with Crippen molar-refractivity contribution < 1.29 is 14.3 Å². The summed E-state index contributed by atoms with van der Waals surface area (Å²) in [6.45, 7) is 3.07. The van der Waals surface area contributed by atoms with Crippen molar-refractivity contribution in [1.29, 1.82) is 0 Å². The van der Waals surface area contributed by atoms with Crippen LogP contribution >= 0.6 is 12.4 Å². The van der Waals surface area contributed by atoms with Gasteiger partial charge in [0, 0.05) is 12.1 Å². The van der Waals surface area contributed by atoms with Crippen LogP contribution in [0.5, 0.6) is 5.75 Å². The smallest absolute Gasteiger partial charge is 0.248 e. The molecule has 1 amide bonds. The molecule has 1 heterocycles. The Morgan fingerprint density at radius 3 is 2.48 bits per heavy atom. The molecule has 1 fully saturated rings. The number of nitrogens with one attached hydrogen (secondary N) is 1. The van der Waals surface area contributed by atoms with Crippen LogP contribution in [0.25, 0.3) is 0 Å². The van der Waals surface area contributed by atoms with Crippen LogP contribution in [0.2, 0.25) is 0 Å². The summed E-state index contributed by atoms with van der Waals surface area (Å²) in [5.41, 5.74) is 6.57. The molecule has 5 nitrogen and oxygen atoms in total. The predicted octanol–water partition coefficient (Wildman–Crippen LogP) is 3.09. The highest BCUT2D eigenvalue weighted by atomic mass is 35.5. The monoisotopic (exact) mass is 362 g/mol. The lowest BCUT2D eigenvalue weighted by molar-refractivity contribution is -0.120. The van der Waals surface area contributed by atoms with Crippen molar-refractivity contribution in [3.8, 4) is 5.75 Å². The van der Waals surface area contributed by atoms with E-state index in [1.807, 2.05) is 54.6 Å². The van der Waals surface area contributed by atoms with Crippen molar-refractivity contribution in [3.63, 3.8) is 0 Å². The van der Waals surface area contributed by atoms with E-state index in [-0.39, 0.29) is 24.4 Å². The first-order chi connectivity index (χ1) is 11.6. The molecule has 2 aromatic carbocycles. The highest BCUT2D eigenvalue weighted by molar-refractivity contribution is 5.98. The number of hydrogen-bond acceptors (Lipinski definition) is 4. The number of anilines is 1. The number of halogens is 1. The zero-order valence-electron chi connectivity index (χ0n) is 14.1. The van der Waals surface area contributed by atoms with Gasteiger partial charge in [-0.25, -0.2) is 0 Å². The third-order valence-electron chi connectivity index (χ3n) is 4.15. The van der Waals surface area contributed by atoms with Gasteiger partial charge < -0.3 is 20.5 Å². The fourth-order valence-corrected chi connectivity index (χ4v) is 2.59. The van der Waals surface area contributed by atoms with Crippen molar-refractivity contribution in [1.82, 2.24) is 0 Å². The fourth-order valence-electron chi connectivity index (χ4n) is 2.59. The molecule has 2 aromatic rings. The number of carbonyl (C=O) groups excluding carboxylic acids is 1. The molecule has 6 heteroatoms. The Bertz CT molecular complexity index is 684. The van der Waals surface area contributed by atoms with Crippen LogP contribution in [0, 0.1) is 0 Å². The molecule has 3 N–H and O–H groups in total. The van der Waals surface area contributed by atoms with E-state index in [0.29, 0.717) is 12.3 Å². The van der Waals surface area contributed by atoms with Gasteiger partial charge in [-0.15, -0.1) is 12.4 Å². The lowest BCUT2D eigenvalue weighted by Crippen LogP contribution is -2.45. The minimum atomic E-state index is -1.10. The van der Waals surface area contributed by atoms with Gasteiger partial charge >= 0.3 is 0 Å². The summed E-state index contributed by atoms with van der Waals surface area (Å²) in [6, 6.07) is 16.6. The molecular formula is C19H23ClN2O3. The number of nitrogens with two attached hydrogens (primary N) is 1. The zero-order valence-corrected chi connectivity index (χ0v) is 14.9. The van der Waals surface area contributed by atoms with Crippen LogP contribution in [-0.2, 0) is 15.1 Å². The largest absolute Gasteiger partial charge is 0.488 e. The lowest BCUT2D eigenvalue weighted by Gasteiger charge is -2.24. The molecule has 0 radical (unpaired) electrons. The van der Waals surface area contributed by atoms with Crippen LogP contribution in [0.3, 0.4) is 0 Å². The molecule has 2 atom stereocenters. The normalized spacial score (nSPS) is 18.7. The minimum Gasteiger partial charge on any atom is -0.488 e. The quantitative estimate of drug-likeness (QED) is 0.857. The molecule has 0 aromatic heterocycles. The molecule has 1 aliphatic rings. The van der Waals surface area contributed by atoms with E-state index in [1.54, 1.807) is 6.92 Å². The number of hydrogen-bond donors (Lipinski definition) is 2. The first-order valence-corrected chi connectivity index (χ1v) is 8.06. The first-order valence-electron chi connectivity index (χ1n) is 8.06. The molecular weight excluding hydrogens is 340 g/mol. The van der Waals surface area contributed by atoms with Crippen molar-refractivity contribution >= 4 is 24.0 Å². The second-order valence-corrected chi connectivity index (χ2v) is 6.15. The Hall–Kier alpha value is -2.08. The summed E-state index contributed by atoms with van der Waals surface area (Å²) in [6.07, 6.45) is 1.01. The molecule has 2 unspecified atom stereocenters. The maximum absolute atomic E-state index is 12.5. The van der Waals surface area contributed by atoms with E-state index in [9.17, 15) is 4.79 Å². The molecule has 1 saturated heterocycles. The molecule has 1 aliphatic heterocycles. The number of carbonyl (C=O) groups is 1. The van der Waals surface area contributed by atoms with E-state index in [0.717, 1.165) is 24.3 Å². The number of amides is 1. The highest BCUT2D eigenvalue weighted by Crippen LogP contribution is 2.22. The van der Waals surface area contributed by atoms with Crippen molar-refractivity contribution in [2.75, 3.05) is 18.5 Å². The van der Waals surface area contributed by atoms with Gasteiger partial charge in [-0.1, -0.05) is 30.3 Å². The topological polar surface area (TPSA) is 73.6 Å². The Labute approximate surface area is 153 Å². The third kappa shape index (κ3) is 4.72. The molecule has 3 rings (SSSR count). The molecule has 0 saturated carbocycles. The second kappa shape index (κ2) is 8.34.